The fourth-order valence-corrected chi connectivity index (χ4v) is 5.00. The third-order valence-electron chi connectivity index (χ3n) is 6.57. The van der Waals surface area contributed by atoms with Crippen LogP contribution in [-0.4, -0.2) is 53.7 Å². The summed E-state index contributed by atoms with van der Waals surface area (Å²) in [5, 5.41) is 11.8. The van der Waals surface area contributed by atoms with Gasteiger partial charge in [0.1, 0.15) is 12.6 Å². The number of ether oxygens (including phenoxy) is 1. The topological polar surface area (TPSA) is 95.9 Å². The minimum absolute atomic E-state index is 0.0387. The summed E-state index contributed by atoms with van der Waals surface area (Å²) in [5.41, 5.74) is 4.58. The number of carbonyl (C=O) groups is 3. The Balaban J connectivity index is 1.37. The van der Waals surface area contributed by atoms with Crippen LogP contribution in [0.2, 0.25) is 0 Å². The van der Waals surface area contributed by atoms with E-state index in [0.29, 0.717) is 25.9 Å². The number of hydrogen-bond donors (Lipinski definition) is 2. The van der Waals surface area contributed by atoms with Crippen LogP contribution in [0.1, 0.15) is 49.7 Å². The molecule has 1 fully saturated rings. The molecular weight excluding hydrogens is 420 g/mol. The van der Waals surface area contributed by atoms with Gasteiger partial charge in [-0.1, -0.05) is 61.9 Å². The number of nitrogens with zero attached hydrogens (tertiary/aromatic N) is 1. The highest BCUT2D eigenvalue weighted by Gasteiger charge is 2.33. The summed E-state index contributed by atoms with van der Waals surface area (Å²) in [5.74, 6) is -1.10. The van der Waals surface area contributed by atoms with Crippen molar-refractivity contribution in [3.05, 3.63) is 59.7 Å². The summed E-state index contributed by atoms with van der Waals surface area (Å²) in [6.45, 7) is 3.08. The molecule has 0 aromatic heterocycles. The van der Waals surface area contributed by atoms with E-state index in [0.717, 1.165) is 28.7 Å². The molecule has 2 N–H and O–H groups in total. The number of fused-ring (bicyclic) bond motifs is 3. The van der Waals surface area contributed by atoms with Crippen LogP contribution in [0.15, 0.2) is 48.5 Å². The maximum Gasteiger partial charge on any atom is 0.407 e. The number of aliphatic carboxylic acids is 1. The number of hydrogen-bond acceptors (Lipinski definition) is 4. The molecule has 1 saturated heterocycles. The van der Waals surface area contributed by atoms with Crippen molar-refractivity contribution in [1.29, 1.82) is 0 Å². The number of rotatable bonds is 8. The van der Waals surface area contributed by atoms with Crippen molar-refractivity contribution in [3.63, 3.8) is 0 Å². The molecule has 2 aliphatic rings. The highest BCUT2D eigenvalue weighted by molar-refractivity contribution is 5.86. The fourth-order valence-electron chi connectivity index (χ4n) is 5.00. The first-order valence-electron chi connectivity index (χ1n) is 11.6. The van der Waals surface area contributed by atoms with Gasteiger partial charge in [-0.3, -0.25) is 9.59 Å². The molecule has 1 aliphatic carbocycles. The molecule has 4 rings (SSSR count). The Morgan fingerprint density at radius 1 is 1.09 bits per heavy atom. The van der Waals surface area contributed by atoms with E-state index in [1.165, 1.54) is 0 Å². The van der Waals surface area contributed by atoms with Gasteiger partial charge in [0.05, 0.1) is 0 Å². The van der Waals surface area contributed by atoms with Crippen LogP contribution in [0.4, 0.5) is 4.79 Å². The quantitative estimate of drug-likeness (QED) is 0.633. The van der Waals surface area contributed by atoms with Gasteiger partial charge in [0, 0.05) is 25.4 Å². The predicted molar refractivity (Wildman–Crippen MR) is 124 cm³/mol. The van der Waals surface area contributed by atoms with E-state index in [1.54, 1.807) is 4.90 Å². The lowest BCUT2D eigenvalue weighted by Crippen LogP contribution is -2.48. The molecule has 1 aliphatic heterocycles. The zero-order valence-electron chi connectivity index (χ0n) is 18.8. The third-order valence-corrected chi connectivity index (χ3v) is 6.57. The maximum absolute atomic E-state index is 13.0. The van der Waals surface area contributed by atoms with Crippen LogP contribution in [0, 0.1) is 5.92 Å². The Hall–Kier alpha value is -3.35. The molecule has 7 nitrogen and oxygen atoms in total. The van der Waals surface area contributed by atoms with Gasteiger partial charge < -0.3 is 20.1 Å². The van der Waals surface area contributed by atoms with Crippen molar-refractivity contribution in [2.24, 2.45) is 5.92 Å². The number of amides is 2. The molecule has 0 bridgehead atoms. The number of carboxylic acids is 1. The summed E-state index contributed by atoms with van der Waals surface area (Å²) in [6, 6.07) is 15.6. The van der Waals surface area contributed by atoms with Crippen LogP contribution in [0.3, 0.4) is 0 Å². The maximum atomic E-state index is 13.0. The molecule has 33 heavy (non-hydrogen) atoms. The standard InChI is InChI=1S/C26H30N2O5/c1-2-7-23(25(31)28-13-12-17(15-28)14-24(29)30)27-26(32)33-16-22-20-10-5-3-8-18(20)19-9-4-6-11-21(19)22/h3-6,8-11,17,22-23H,2,7,12-16H2,1H3,(H,27,32)(H,29,30). The first-order chi connectivity index (χ1) is 16.0. The average molecular weight is 451 g/mol. The molecule has 2 atom stereocenters. The summed E-state index contributed by atoms with van der Waals surface area (Å²) >= 11 is 0. The van der Waals surface area contributed by atoms with Crippen LogP contribution >= 0.6 is 0 Å². The summed E-state index contributed by atoms with van der Waals surface area (Å²) < 4.78 is 5.60. The zero-order chi connectivity index (χ0) is 23.4. The number of carboxylic acid groups (broad SMARTS) is 1. The van der Waals surface area contributed by atoms with Crippen molar-refractivity contribution in [2.45, 2.75) is 44.6 Å². The van der Waals surface area contributed by atoms with Gasteiger partial charge in [0.25, 0.3) is 0 Å². The Kier molecular flexibility index (Phi) is 6.96. The second-order valence-electron chi connectivity index (χ2n) is 8.85. The lowest BCUT2D eigenvalue weighted by Gasteiger charge is -2.24. The number of alkyl carbamates (subject to hydrolysis) is 1. The number of nitrogens with one attached hydrogen (secondary N) is 1. The van der Waals surface area contributed by atoms with Gasteiger partial charge in [0.15, 0.2) is 0 Å². The molecule has 2 unspecified atom stereocenters. The molecule has 7 heteroatoms. The SMILES string of the molecule is CCCC(NC(=O)OCC1c2ccccc2-c2ccccc21)C(=O)N1CCC(CC(=O)O)C1. The Morgan fingerprint density at radius 3 is 2.33 bits per heavy atom. The van der Waals surface area contributed by atoms with Gasteiger partial charge in [-0.25, -0.2) is 4.79 Å². The highest BCUT2D eigenvalue weighted by atomic mass is 16.5. The summed E-state index contributed by atoms with van der Waals surface area (Å²) in [4.78, 5) is 38.3. The zero-order valence-corrected chi connectivity index (χ0v) is 18.8. The molecule has 0 spiro atoms. The van der Waals surface area contributed by atoms with Crippen molar-refractivity contribution >= 4 is 18.0 Å². The van der Waals surface area contributed by atoms with Crippen molar-refractivity contribution in [3.8, 4) is 11.1 Å². The molecule has 174 valence electrons. The summed E-state index contributed by atoms with van der Waals surface area (Å²) in [6.07, 6.45) is 1.35. The smallest absolute Gasteiger partial charge is 0.407 e. The predicted octanol–water partition coefficient (Wildman–Crippen LogP) is 4.02. The first kappa shape index (κ1) is 22.8. The van der Waals surface area contributed by atoms with Crippen LogP contribution in [0.5, 0.6) is 0 Å². The van der Waals surface area contributed by atoms with E-state index in [-0.39, 0.29) is 30.8 Å². The number of carbonyl (C=O) groups excluding carboxylic acids is 2. The van der Waals surface area contributed by atoms with Gasteiger partial charge in [-0.05, 0) is 41.0 Å². The van der Waals surface area contributed by atoms with Crippen molar-refractivity contribution in [2.75, 3.05) is 19.7 Å². The second-order valence-corrected chi connectivity index (χ2v) is 8.85. The molecule has 0 radical (unpaired) electrons. The highest BCUT2D eigenvalue weighted by Crippen LogP contribution is 2.44. The Labute approximate surface area is 193 Å². The molecule has 2 amide bonds. The van der Waals surface area contributed by atoms with E-state index < -0.39 is 18.1 Å². The van der Waals surface area contributed by atoms with Crippen molar-refractivity contribution < 1.29 is 24.2 Å². The van der Waals surface area contributed by atoms with Gasteiger partial charge in [0.2, 0.25) is 5.91 Å². The van der Waals surface area contributed by atoms with Gasteiger partial charge >= 0.3 is 12.1 Å². The van der Waals surface area contributed by atoms with E-state index in [2.05, 4.69) is 29.6 Å². The number of likely N-dealkylation sites (tertiary alicyclic amines) is 1. The molecular formula is C26H30N2O5. The Bertz CT molecular complexity index is 991. The lowest BCUT2D eigenvalue weighted by atomic mass is 9.98. The van der Waals surface area contributed by atoms with Gasteiger partial charge in [-0.15, -0.1) is 0 Å². The van der Waals surface area contributed by atoms with E-state index in [9.17, 15) is 14.4 Å². The second kappa shape index (κ2) is 10.1. The number of benzene rings is 2. The van der Waals surface area contributed by atoms with Crippen LogP contribution in [-0.2, 0) is 14.3 Å². The molecule has 0 saturated carbocycles. The monoisotopic (exact) mass is 450 g/mol. The minimum Gasteiger partial charge on any atom is -0.481 e. The van der Waals surface area contributed by atoms with Crippen LogP contribution in [0.25, 0.3) is 11.1 Å². The van der Waals surface area contributed by atoms with Gasteiger partial charge in [-0.2, -0.15) is 0 Å². The van der Waals surface area contributed by atoms with E-state index in [4.69, 9.17) is 9.84 Å². The van der Waals surface area contributed by atoms with E-state index in [1.807, 2.05) is 31.2 Å². The van der Waals surface area contributed by atoms with Crippen LogP contribution < -0.4 is 5.32 Å². The molecule has 2 aromatic rings. The summed E-state index contributed by atoms with van der Waals surface area (Å²) in [7, 11) is 0. The third kappa shape index (κ3) is 5.02. The first-order valence-corrected chi connectivity index (χ1v) is 11.6. The fraction of sp³-hybridized carbons (Fsp3) is 0.423. The Morgan fingerprint density at radius 2 is 1.73 bits per heavy atom. The normalized spacial score (nSPS) is 17.8. The lowest BCUT2D eigenvalue weighted by molar-refractivity contribution is -0.138. The van der Waals surface area contributed by atoms with E-state index >= 15 is 0 Å². The largest absolute Gasteiger partial charge is 0.481 e. The molecule has 2 aromatic carbocycles. The minimum atomic E-state index is -0.851. The van der Waals surface area contributed by atoms with Crippen molar-refractivity contribution in [1.82, 2.24) is 10.2 Å². The molecule has 1 heterocycles. The average Bonchev–Trinajstić information content (AvgIpc) is 3.39.